The molecule has 1 aromatic carbocycles. The Morgan fingerprint density at radius 2 is 2.05 bits per heavy atom. The van der Waals surface area contributed by atoms with Crippen molar-refractivity contribution in [3.05, 3.63) is 35.6 Å². The highest BCUT2D eigenvalue weighted by Gasteiger charge is 2.29. The van der Waals surface area contributed by atoms with Gasteiger partial charge in [-0.05, 0) is 44.8 Å². The van der Waals surface area contributed by atoms with Crippen molar-refractivity contribution in [3.63, 3.8) is 0 Å². The quantitative estimate of drug-likeness (QED) is 0.811. The highest BCUT2D eigenvalue weighted by atomic mass is 19.1. The van der Waals surface area contributed by atoms with Crippen LogP contribution < -0.4 is 5.32 Å². The van der Waals surface area contributed by atoms with Crippen molar-refractivity contribution in [2.24, 2.45) is 11.8 Å². The van der Waals surface area contributed by atoms with E-state index in [1.807, 2.05) is 19.2 Å². The molecule has 2 unspecified atom stereocenters. The second-order valence-electron chi connectivity index (χ2n) is 6.48. The molecule has 0 amide bonds. The third-order valence-corrected chi connectivity index (χ3v) is 4.50. The Labute approximate surface area is 127 Å². The molecule has 0 bridgehead atoms. The molecule has 0 heterocycles. The van der Waals surface area contributed by atoms with Crippen LogP contribution >= 0.6 is 0 Å². The van der Waals surface area contributed by atoms with Crippen molar-refractivity contribution in [3.8, 4) is 0 Å². The van der Waals surface area contributed by atoms with Crippen molar-refractivity contribution < 1.29 is 9.50 Å². The zero-order valence-corrected chi connectivity index (χ0v) is 13.2. The Kier molecular flexibility index (Phi) is 5.73. The molecule has 1 saturated carbocycles. The topological polar surface area (TPSA) is 35.5 Å². The van der Waals surface area contributed by atoms with Crippen molar-refractivity contribution in [1.29, 1.82) is 0 Å². The third-order valence-electron chi connectivity index (χ3n) is 4.50. The molecule has 0 spiro atoms. The first-order valence-electron chi connectivity index (χ1n) is 7.79. The maximum atomic E-state index is 14.0. The second-order valence-corrected chi connectivity index (χ2v) is 6.48. The fourth-order valence-electron chi connectivity index (χ4n) is 3.44. The van der Waals surface area contributed by atoms with E-state index in [0.717, 1.165) is 31.5 Å². The van der Waals surface area contributed by atoms with Gasteiger partial charge in [0.15, 0.2) is 0 Å². The summed E-state index contributed by atoms with van der Waals surface area (Å²) in [5.74, 6) is 0.772. The smallest absolute Gasteiger partial charge is 0.127 e. The predicted molar refractivity (Wildman–Crippen MR) is 83.6 cm³/mol. The van der Waals surface area contributed by atoms with Gasteiger partial charge in [-0.15, -0.1) is 0 Å². The molecule has 0 aromatic heterocycles. The Bertz CT molecular complexity index is 448. The third kappa shape index (κ3) is 4.25. The van der Waals surface area contributed by atoms with Gasteiger partial charge in [0.1, 0.15) is 5.82 Å². The first-order chi connectivity index (χ1) is 10.0. The normalized spacial score (nSPS) is 24.7. The van der Waals surface area contributed by atoms with Gasteiger partial charge in [0.05, 0.1) is 6.10 Å². The summed E-state index contributed by atoms with van der Waals surface area (Å²) in [6.45, 7) is 4.07. The van der Waals surface area contributed by atoms with Crippen molar-refractivity contribution in [2.45, 2.75) is 31.9 Å². The zero-order valence-electron chi connectivity index (χ0n) is 13.2. The van der Waals surface area contributed by atoms with Crippen LogP contribution in [0.25, 0.3) is 0 Å². The number of hydrogen-bond donors (Lipinski definition) is 2. The first-order valence-corrected chi connectivity index (χ1v) is 7.79. The lowest BCUT2D eigenvalue weighted by atomic mass is 9.82. The van der Waals surface area contributed by atoms with E-state index in [2.05, 4.69) is 24.2 Å². The molecule has 0 saturated heterocycles. The van der Waals surface area contributed by atoms with Crippen LogP contribution in [0.1, 0.15) is 31.4 Å². The SMILES string of the molecule is CNC(c1ccccc1F)C(C)CN(C)CC1CC(O)C1. The lowest BCUT2D eigenvalue weighted by Gasteiger charge is -2.36. The van der Waals surface area contributed by atoms with Crippen LogP contribution in [0.2, 0.25) is 0 Å². The van der Waals surface area contributed by atoms with Gasteiger partial charge in [-0.2, -0.15) is 0 Å². The molecule has 1 fully saturated rings. The number of hydrogen-bond acceptors (Lipinski definition) is 3. The van der Waals surface area contributed by atoms with Gasteiger partial charge in [0.2, 0.25) is 0 Å². The molecule has 1 aliphatic carbocycles. The van der Waals surface area contributed by atoms with Crippen LogP contribution in [-0.4, -0.2) is 43.3 Å². The number of aliphatic hydroxyl groups is 1. The van der Waals surface area contributed by atoms with E-state index in [1.165, 1.54) is 6.07 Å². The van der Waals surface area contributed by atoms with Crippen molar-refractivity contribution >= 4 is 0 Å². The molecule has 21 heavy (non-hydrogen) atoms. The molecule has 4 heteroatoms. The van der Waals surface area contributed by atoms with E-state index in [-0.39, 0.29) is 18.0 Å². The first kappa shape index (κ1) is 16.4. The Morgan fingerprint density at radius 1 is 1.38 bits per heavy atom. The van der Waals surface area contributed by atoms with Crippen LogP contribution in [0.3, 0.4) is 0 Å². The lowest BCUT2D eigenvalue weighted by molar-refractivity contribution is 0.0260. The van der Waals surface area contributed by atoms with Gasteiger partial charge < -0.3 is 15.3 Å². The van der Waals surface area contributed by atoms with E-state index in [9.17, 15) is 9.50 Å². The summed E-state index contributed by atoms with van der Waals surface area (Å²) in [6.07, 6.45) is 1.74. The van der Waals surface area contributed by atoms with E-state index in [4.69, 9.17) is 0 Å². The summed E-state index contributed by atoms with van der Waals surface area (Å²) < 4.78 is 14.0. The average Bonchev–Trinajstić information content (AvgIpc) is 2.40. The summed E-state index contributed by atoms with van der Waals surface area (Å²) in [6, 6.07) is 7.00. The summed E-state index contributed by atoms with van der Waals surface area (Å²) in [7, 11) is 3.99. The van der Waals surface area contributed by atoms with Crippen LogP contribution in [0.5, 0.6) is 0 Å². The molecule has 0 aliphatic heterocycles. The zero-order chi connectivity index (χ0) is 15.4. The number of aliphatic hydroxyl groups excluding tert-OH is 1. The Morgan fingerprint density at radius 3 is 2.62 bits per heavy atom. The Hall–Kier alpha value is -0.970. The van der Waals surface area contributed by atoms with Crippen LogP contribution in [-0.2, 0) is 0 Å². The number of nitrogens with zero attached hydrogens (tertiary/aromatic N) is 1. The van der Waals surface area contributed by atoms with Gasteiger partial charge in [-0.25, -0.2) is 4.39 Å². The standard InChI is InChI=1S/C17H27FN2O/c1-12(10-20(3)11-13-8-14(21)9-13)17(19-2)15-6-4-5-7-16(15)18/h4-7,12-14,17,19,21H,8-11H2,1-3H3. The summed E-state index contributed by atoms with van der Waals surface area (Å²) in [5, 5.41) is 12.6. The largest absolute Gasteiger partial charge is 0.393 e. The van der Waals surface area contributed by atoms with E-state index < -0.39 is 0 Å². The van der Waals surface area contributed by atoms with Crippen molar-refractivity contribution in [1.82, 2.24) is 10.2 Å². The molecule has 2 rings (SSSR count). The fourth-order valence-corrected chi connectivity index (χ4v) is 3.44. The van der Waals surface area contributed by atoms with Gasteiger partial charge in [-0.1, -0.05) is 25.1 Å². The Balaban J connectivity index is 1.90. The second kappa shape index (κ2) is 7.34. The molecule has 2 atom stereocenters. The molecular formula is C17H27FN2O. The van der Waals surface area contributed by atoms with Gasteiger partial charge in [0.25, 0.3) is 0 Å². The minimum absolute atomic E-state index is 0.0145. The average molecular weight is 294 g/mol. The molecular weight excluding hydrogens is 267 g/mol. The molecule has 2 N–H and O–H groups in total. The summed E-state index contributed by atoms with van der Waals surface area (Å²) >= 11 is 0. The number of halogens is 1. The molecule has 118 valence electrons. The lowest BCUT2D eigenvalue weighted by Crippen LogP contribution is -2.40. The molecule has 1 aromatic rings. The van der Waals surface area contributed by atoms with Gasteiger partial charge in [0, 0.05) is 24.7 Å². The van der Waals surface area contributed by atoms with Crippen LogP contribution in [0, 0.1) is 17.7 Å². The van der Waals surface area contributed by atoms with E-state index in [0.29, 0.717) is 11.8 Å². The molecule has 1 aliphatic rings. The molecule has 3 nitrogen and oxygen atoms in total. The fraction of sp³-hybridized carbons (Fsp3) is 0.647. The highest BCUT2D eigenvalue weighted by molar-refractivity contribution is 5.21. The maximum Gasteiger partial charge on any atom is 0.127 e. The van der Waals surface area contributed by atoms with E-state index in [1.54, 1.807) is 6.07 Å². The van der Waals surface area contributed by atoms with Gasteiger partial charge >= 0.3 is 0 Å². The monoisotopic (exact) mass is 294 g/mol. The molecule has 0 radical (unpaired) electrons. The minimum Gasteiger partial charge on any atom is -0.393 e. The van der Waals surface area contributed by atoms with Crippen LogP contribution in [0.15, 0.2) is 24.3 Å². The minimum atomic E-state index is -0.145. The summed E-state index contributed by atoms with van der Waals surface area (Å²) in [4.78, 5) is 2.30. The number of nitrogens with one attached hydrogen (secondary N) is 1. The van der Waals surface area contributed by atoms with Crippen LogP contribution in [0.4, 0.5) is 4.39 Å². The number of benzene rings is 1. The number of rotatable bonds is 7. The van der Waals surface area contributed by atoms with E-state index >= 15 is 0 Å². The maximum absolute atomic E-state index is 14.0. The van der Waals surface area contributed by atoms with Crippen molar-refractivity contribution in [2.75, 3.05) is 27.2 Å². The predicted octanol–water partition coefficient (Wildman–Crippen LogP) is 2.43. The van der Waals surface area contributed by atoms with Gasteiger partial charge in [-0.3, -0.25) is 0 Å². The summed E-state index contributed by atoms with van der Waals surface area (Å²) in [5.41, 5.74) is 0.736. The highest BCUT2D eigenvalue weighted by Crippen LogP contribution is 2.29.